The van der Waals surface area contributed by atoms with Gasteiger partial charge in [-0.1, -0.05) is 36.4 Å². The Kier molecular flexibility index (Phi) is 5.00. The van der Waals surface area contributed by atoms with E-state index in [1.165, 1.54) is 6.08 Å². The van der Waals surface area contributed by atoms with Crippen LogP contribution in [0.5, 0.6) is 5.75 Å². The lowest BCUT2D eigenvalue weighted by molar-refractivity contribution is -0.116. The highest BCUT2D eigenvalue weighted by molar-refractivity contribution is 5.93. The molecule has 0 radical (unpaired) electrons. The van der Waals surface area contributed by atoms with Crippen molar-refractivity contribution >= 4 is 28.4 Å². The minimum atomic E-state index is -0.179. The van der Waals surface area contributed by atoms with Crippen LogP contribution < -0.4 is 15.2 Å². The third-order valence-corrected chi connectivity index (χ3v) is 3.92. The monoisotopic (exact) mass is 332 g/mol. The maximum absolute atomic E-state index is 12.1. The fourth-order valence-corrected chi connectivity index (χ4v) is 2.56. The Hall–Kier alpha value is -3.27. The second-order valence-electron chi connectivity index (χ2n) is 5.68. The topological polar surface area (TPSA) is 41.6 Å². The highest BCUT2D eigenvalue weighted by atomic mass is 16.5. The SMILES string of the molecule is COc1ccc2cc(/C=C/C(=O)NN(C)c3ccccc3)ccc2c1. The van der Waals surface area contributed by atoms with Crippen molar-refractivity contribution in [1.82, 2.24) is 5.43 Å². The van der Waals surface area contributed by atoms with Crippen LogP contribution in [0.25, 0.3) is 16.8 Å². The Bertz CT molecular complexity index is 904. The molecule has 1 N–H and O–H groups in total. The van der Waals surface area contributed by atoms with Crippen LogP contribution in [0.1, 0.15) is 5.56 Å². The zero-order valence-electron chi connectivity index (χ0n) is 14.3. The first kappa shape index (κ1) is 16.6. The third-order valence-electron chi connectivity index (χ3n) is 3.92. The molecule has 3 aromatic rings. The average Bonchev–Trinajstić information content (AvgIpc) is 2.66. The average molecular weight is 332 g/mol. The number of carbonyl (C=O) groups is 1. The summed E-state index contributed by atoms with van der Waals surface area (Å²) in [5, 5.41) is 3.90. The number of hydrazine groups is 1. The molecule has 0 heterocycles. The van der Waals surface area contributed by atoms with Crippen molar-refractivity contribution < 1.29 is 9.53 Å². The summed E-state index contributed by atoms with van der Waals surface area (Å²) in [6.45, 7) is 0. The number of benzene rings is 3. The van der Waals surface area contributed by atoms with Crippen molar-refractivity contribution in [2.24, 2.45) is 0 Å². The van der Waals surface area contributed by atoms with Gasteiger partial charge < -0.3 is 4.74 Å². The lowest BCUT2D eigenvalue weighted by Crippen LogP contribution is -2.38. The minimum absolute atomic E-state index is 0.179. The molecular weight excluding hydrogens is 312 g/mol. The van der Waals surface area contributed by atoms with Crippen molar-refractivity contribution in [2.45, 2.75) is 0 Å². The molecule has 1 amide bonds. The molecule has 0 aliphatic heterocycles. The molecular formula is C21H20N2O2. The number of nitrogens with one attached hydrogen (secondary N) is 1. The first-order chi connectivity index (χ1) is 12.2. The standard InChI is InChI=1S/C21H20N2O2/c1-23(19-6-4-3-5-7-19)22-21(24)13-9-16-8-10-18-15-20(25-2)12-11-17(18)14-16/h3-15H,1-2H3,(H,22,24)/b13-9+. The molecule has 0 bridgehead atoms. The Balaban J connectivity index is 1.68. The van der Waals surface area contributed by atoms with Gasteiger partial charge in [-0.3, -0.25) is 15.2 Å². The molecule has 0 aliphatic carbocycles. The van der Waals surface area contributed by atoms with Gasteiger partial charge in [0, 0.05) is 13.1 Å². The number of amides is 1. The number of nitrogens with zero attached hydrogens (tertiary/aromatic N) is 1. The van der Waals surface area contributed by atoms with Gasteiger partial charge in [0.25, 0.3) is 5.91 Å². The molecule has 3 aromatic carbocycles. The second kappa shape index (κ2) is 7.53. The van der Waals surface area contributed by atoms with E-state index in [9.17, 15) is 4.79 Å². The van der Waals surface area contributed by atoms with Gasteiger partial charge in [0.1, 0.15) is 5.75 Å². The lowest BCUT2D eigenvalue weighted by Gasteiger charge is -2.19. The maximum Gasteiger partial charge on any atom is 0.262 e. The van der Waals surface area contributed by atoms with Crippen molar-refractivity contribution in [2.75, 3.05) is 19.2 Å². The highest BCUT2D eigenvalue weighted by Crippen LogP contribution is 2.22. The van der Waals surface area contributed by atoms with Crippen LogP contribution in [-0.2, 0) is 4.79 Å². The van der Waals surface area contributed by atoms with Crippen LogP contribution in [0.15, 0.2) is 72.8 Å². The number of para-hydroxylation sites is 1. The molecule has 25 heavy (non-hydrogen) atoms. The Morgan fingerprint density at radius 3 is 2.48 bits per heavy atom. The Morgan fingerprint density at radius 1 is 1.00 bits per heavy atom. The molecule has 0 atom stereocenters. The van der Waals surface area contributed by atoms with E-state index >= 15 is 0 Å². The van der Waals surface area contributed by atoms with Gasteiger partial charge in [-0.15, -0.1) is 0 Å². The van der Waals surface area contributed by atoms with E-state index < -0.39 is 0 Å². The van der Waals surface area contributed by atoms with Crippen LogP contribution in [-0.4, -0.2) is 20.1 Å². The molecule has 4 nitrogen and oxygen atoms in total. The summed E-state index contributed by atoms with van der Waals surface area (Å²) < 4.78 is 5.23. The molecule has 126 valence electrons. The number of hydrogen-bond acceptors (Lipinski definition) is 3. The van der Waals surface area contributed by atoms with Gasteiger partial charge in [-0.05, 0) is 52.7 Å². The quantitative estimate of drug-likeness (QED) is 0.566. The Morgan fingerprint density at radius 2 is 1.72 bits per heavy atom. The predicted molar refractivity (Wildman–Crippen MR) is 103 cm³/mol. The van der Waals surface area contributed by atoms with Crippen LogP contribution in [0.4, 0.5) is 5.69 Å². The normalized spacial score (nSPS) is 10.8. The summed E-state index contributed by atoms with van der Waals surface area (Å²) in [4.78, 5) is 12.1. The van der Waals surface area contributed by atoms with E-state index in [0.717, 1.165) is 27.8 Å². The molecule has 0 aromatic heterocycles. The summed E-state index contributed by atoms with van der Waals surface area (Å²) >= 11 is 0. The summed E-state index contributed by atoms with van der Waals surface area (Å²) in [5.74, 6) is 0.653. The van der Waals surface area contributed by atoms with Crippen LogP contribution in [0, 0.1) is 0 Å². The molecule has 0 unspecified atom stereocenters. The molecule has 0 fully saturated rings. The molecule has 0 aliphatic rings. The molecule has 0 spiro atoms. The fraction of sp³-hybridized carbons (Fsp3) is 0.0952. The van der Waals surface area contributed by atoms with Gasteiger partial charge >= 0.3 is 0 Å². The van der Waals surface area contributed by atoms with Gasteiger partial charge in [0.2, 0.25) is 0 Å². The molecule has 3 rings (SSSR count). The summed E-state index contributed by atoms with van der Waals surface area (Å²) in [6, 6.07) is 21.6. The molecule has 0 saturated heterocycles. The number of rotatable bonds is 5. The number of methoxy groups -OCH3 is 1. The summed E-state index contributed by atoms with van der Waals surface area (Å²) in [6.07, 6.45) is 3.34. The maximum atomic E-state index is 12.1. The van der Waals surface area contributed by atoms with E-state index in [0.29, 0.717) is 0 Å². The molecule has 4 heteroatoms. The van der Waals surface area contributed by atoms with E-state index in [2.05, 4.69) is 5.43 Å². The zero-order chi connectivity index (χ0) is 17.6. The van der Waals surface area contributed by atoms with E-state index in [-0.39, 0.29) is 5.91 Å². The first-order valence-corrected chi connectivity index (χ1v) is 8.01. The minimum Gasteiger partial charge on any atom is -0.497 e. The van der Waals surface area contributed by atoms with Crippen molar-refractivity contribution in [1.29, 1.82) is 0 Å². The number of ether oxygens (including phenoxy) is 1. The number of carbonyl (C=O) groups excluding carboxylic acids is 1. The smallest absolute Gasteiger partial charge is 0.262 e. The zero-order valence-corrected chi connectivity index (χ0v) is 14.3. The third kappa shape index (κ3) is 4.18. The van der Waals surface area contributed by atoms with Crippen LogP contribution >= 0.6 is 0 Å². The van der Waals surface area contributed by atoms with Gasteiger partial charge in [-0.25, -0.2) is 0 Å². The van der Waals surface area contributed by atoms with Crippen molar-refractivity contribution in [3.63, 3.8) is 0 Å². The van der Waals surface area contributed by atoms with Crippen molar-refractivity contribution in [3.8, 4) is 5.75 Å². The van der Waals surface area contributed by atoms with Gasteiger partial charge in [-0.2, -0.15) is 0 Å². The van der Waals surface area contributed by atoms with Gasteiger partial charge in [0.15, 0.2) is 0 Å². The first-order valence-electron chi connectivity index (χ1n) is 8.01. The lowest BCUT2D eigenvalue weighted by atomic mass is 10.1. The number of anilines is 1. The van der Waals surface area contributed by atoms with E-state index in [4.69, 9.17) is 4.74 Å². The van der Waals surface area contributed by atoms with Crippen LogP contribution in [0.2, 0.25) is 0 Å². The van der Waals surface area contributed by atoms with E-state index in [1.54, 1.807) is 18.2 Å². The van der Waals surface area contributed by atoms with Gasteiger partial charge in [0.05, 0.1) is 12.8 Å². The van der Waals surface area contributed by atoms with Crippen LogP contribution in [0.3, 0.4) is 0 Å². The van der Waals surface area contributed by atoms with E-state index in [1.807, 2.05) is 73.8 Å². The van der Waals surface area contributed by atoms with Crippen molar-refractivity contribution in [3.05, 3.63) is 78.4 Å². The highest BCUT2D eigenvalue weighted by Gasteiger charge is 2.02. The largest absolute Gasteiger partial charge is 0.497 e. The number of hydrogen-bond donors (Lipinski definition) is 1. The predicted octanol–water partition coefficient (Wildman–Crippen LogP) is 4.03. The number of fused-ring (bicyclic) bond motifs is 1. The Labute approximate surface area is 147 Å². The summed E-state index contributed by atoms with van der Waals surface area (Å²) in [7, 11) is 3.47. The fourth-order valence-electron chi connectivity index (χ4n) is 2.56. The molecule has 0 saturated carbocycles. The second-order valence-corrected chi connectivity index (χ2v) is 5.68. The summed E-state index contributed by atoms with van der Waals surface area (Å²) in [5.41, 5.74) is 4.70.